The van der Waals surface area contributed by atoms with Gasteiger partial charge in [-0.15, -0.1) is 0 Å². The number of benzene rings is 1. The zero-order chi connectivity index (χ0) is 13.8. The summed E-state index contributed by atoms with van der Waals surface area (Å²) in [6.07, 6.45) is 5.67. The van der Waals surface area contributed by atoms with Gasteiger partial charge < -0.3 is 0 Å². The van der Waals surface area contributed by atoms with E-state index in [2.05, 4.69) is 58.0 Å². The lowest BCUT2D eigenvalue weighted by molar-refractivity contribution is 0.443. The highest BCUT2D eigenvalue weighted by Crippen LogP contribution is 2.64. The fraction of sp³-hybridized carbons (Fsp3) is 0.667. The van der Waals surface area contributed by atoms with E-state index in [-0.39, 0.29) is 0 Å². The van der Waals surface area contributed by atoms with E-state index in [0.717, 1.165) is 23.2 Å². The molecular weight excluding hydrogens is 247 g/mol. The molecular formula is C18H29P. The molecule has 0 nitrogen and oxygen atoms in total. The van der Waals surface area contributed by atoms with Crippen molar-refractivity contribution in [3.63, 3.8) is 0 Å². The largest absolute Gasteiger partial charge is 0.0998 e. The molecule has 1 aromatic carbocycles. The first-order valence-electron chi connectivity index (χ1n) is 7.89. The quantitative estimate of drug-likeness (QED) is 0.597. The Kier molecular flexibility index (Phi) is 5.46. The number of hydrogen-bond acceptors (Lipinski definition) is 0. The maximum absolute atomic E-state index is 2.42. The van der Waals surface area contributed by atoms with Crippen LogP contribution in [0.15, 0.2) is 30.3 Å². The fourth-order valence-corrected chi connectivity index (χ4v) is 7.19. The third-order valence-electron chi connectivity index (χ3n) is 4.60. The Labute approximate surface area is 120 Å². The Balaban J connectivity index is 1.82. The van der Waals surface area contributed by atoms with Crippen LogP contribution in [0.25, 0.3) is 0 Å². The Morgan fingerprint density at radius 2 is 1.58 bits per heavy atom. The fourth-order valence-electron chi connectivity index (χ4n) is 3.38. The van der Waals surface area contributed by atoms with Crippen LogP contribution in [0.3, 0.4) is 0 Å². The van der Waals surface area contributed by atoms with Crippen molar-refractivity contribution in [2.45, 2.75) is 58.3 Å². The van der Waals surface area contributed by atoms with E-state index in [4.69, 9.17) is 0 Å². The molecule has 0 saturated carbocycles. The molecule has 2 atom stereocenters. The Morgan fingerprint density at radius 1 is 1.00 bits per heavy atom. The van der Waals surface area contributed by atoms with Crippen LogP contribution in [0.4, 0.5) is 0 Å². The van der Waals surface area contributed by atoms with Crippen LogP contribution >= 0.6 is 7.92 Å². The van der Waals surface area contributed by atoms with Gasteiger partial charge in [0, 0.05) is 0 Å². The van der Waals surface area contributed by atoms with E-state index in [1.54, 1.807) is 0 Å². The second kappa shape index (κ2) is 6.89. The molecule has 106 valence electrons. The highest BCUT2D eigenvalue weighted by atomic mass is 31.1. The molecule has 0 unspecified atom stereocenters. The summed E-state index contributed by atoms with van der Waals surface area (Å²) in [6, 6.07) is 11.0. The highest BCUT2D eigenvalue weighted by molar-refractivity contribution is 7.60. The van der Waals surface area contributed by atoms with Gasteiger partial charge in [-0.3, -0.25) is 0 Å². The van der Waals surface area contributed by atoms with Crippen molar-refractivity contribution in [2.75, 3.05) is 6.16 Å². The molecule has 0 N–H and O–H groups in total. The van der Waals surface area contributed by atoms with Crippen molar-refractivity contribution in [3.05, 3.63) is 35.9 Å². The lowest BCUT2D eigenvalue weighted by Crippen LogP contribution is -2.38. The first-order chi connectivity index (χ1) is 9.09. The summed E-state index contributed by atoms with van der Waals surface area (Å²) in [7, 11) is 0.300. The maximum Gasteiger partial charge on any atom is -0.0177 e. The SMILES string of the molecule is CC(C)[C@@H]1C[C@@H](C(C)C)P1CCCc1ccccc1. The minimum absolute atomic E-state index is 0.300. The van der Waals surface area contributed by atoms with Gasteiger partial charge in [0.1, 0.15) is 0 Å². The minimum Gasteiger partial charge on any atom is -0.0998 e. The summed E-state index contributed by atoms with van der Waals surface area (Å²) < 4.78 is 0. The highest BCUT2D eigenvalue weighted by Gasteiger charge is 2.42. The summed E-state index contributed by atoms with van der Waals surface area (Å²) in [5, 5.41) is 0. The van der Waals surface area contributed by atoms with Crippen LogP contribution in [0, 0.1) is 11.8 Å². The van der Waals surface area contributed by atoms with Gasteiger partial charge in [0.25, 0.3) is 0 Å². The monoisotopic (exact) mass is 276 g/mol. The van der Waals surface area contributed by atoms with Gasteiger partial charge >= 0.3 is 0 Å². The predicted octanol–water partition coefficient (Wildman–Crippen LogP) is 5.55. The van der Waals surface area contributed by atoms with E-state index < -0.39 is 0 Å². The predicted molar refractivity (Wildman–Crippen MR) is 88.4 cm³/mol. The Morgan fingerprint density at radius 3 is 2.11 bits per heavy atom. The summed E-state index contributed by atoms with van der Waals surface area (Å²) >= 11 is 0. The van der Waals surface area contributed by atoms with Crippen molar-refractivity contribution in [1.82, 2.24) is 0 Å². The molecule has 0 radical (unpaired) electrons. The van der Waals surface area contributed by atoms with E-state index >= 15 is 0 Å². The van der Waals surface area contributed by atoms with E-state index in [9.17, 15) is 0 Å². The molecule has 1 heteroatoms. The van der Waals surface area contributed by atoms with Gasteiger partial charge in [0.05, 0.1) is 0 Å². The summed E-state index contributed by atoms with van der Waals surface area (Å²) in [6.45, 7) is 9.70. The van der Waals surface area contributed by atoms with E-state index in [0.29, 0.717) is 7.92 Å². The number of aryl methyl sites for hydroxylation is 1. The van der Waals surface area contributed by atoms with Gasteiger partial charge in [-0.1, -0.05) is 65.9 Å². The molecule has 1 aliphatic rings. The molecule has 0 bridgehead atoms. The molecule has 1 fully saturated rings. The van der Waals surface area contributed by atoms with E-state index in [1.807, 2.05) is 0 Å². The molecule has 0 aliphatic carbocycles. The van der Waals surface area contributed by atoms with Gasteiger partial charge in [-0.2, -0.15) is 0 Å². The zero-order valence-corrected chi connectivity index (χ0v) is 13.9. The van der Waals surface area contributed by atoms with Crippen molar-refractivity contribution in [3.8, 4) is 0 Å². The average Bonchev–Trinajstić information content (AvgIpc) is 2.33. The van der Waals surface area contributed by atoms with Crippen LogP contribution in [0.5, 0.6) is 0 Å². The van der Waals surface area contributed by atoms with Gasteiger partial charge in [0.15, 0.2) is 0 Å². The molecule has 1 aromatic rings. The van der Waals surface area contributed by atoms with Crippen molar-refractivity contribution in [1.29, 1.82) is 0 Å². The normalized spacial score (nSPS) is 23.9. The molecule has 1 aliphatic heterocycles. The second-order valence-electron chi connectivity index (χ2n) is 6.69. The minimum atomic E-state index is 0.300. The zero-order valence-electron chi connectivity index (χ0n) is 13.0. The summed E-state index contributed by atoms with van der Waals surface area (Å²) in [5.41, 5.74) is 3.62. The molecule has 2 rings (SSSR count). The third kappa shape index (κ3) is 3.82. The first kappa shape index (κ1) is 15.0. The lowest BCUT2D eigenvalue weighted by atomic mass is 9.98. The van der Waals surface area contributed by atoms with E-state index in [1.165, 1.54) is 31.0 Å². The van der Waals surface area contributed by atoms with Crippen LogP contribution in [-0.4, -0.2) is 17.5 Å². The molecule has 0 aromatic heterocycles. The standard InChI is InChI=1S/C18H29P/c1-14(2)17-13-18(15(3)4)19(17)12-8-11-16-9-6-5-7-10-16/h5-7,9-10,14-15,17-18H,8,11-13H2,1-4H3/t17-,18-/m0/s1. The number of hydrogen-bond donors (Lipinski definition) is 0. The molecule has 1 saturated heterocycles. The van der Waals surface area contributed by atoms with Crippen molar-refractivity contribution in [2.24, 2.45) is 11.8 Å². The van der Waals surface area contributed by atoms with Gasteiger partial charge in [-0.25, -0.2) is 0 Å². The second-order valence-corrected chi connectivity index (χ2v) is 9.49. The summed E-state index contributed by atoms with van der Waals surface area (Å²) in [4.78, 5) is 0. The summed E-state index contributed by atoms with van der Waals surface area (Å²) in [5.74, 6) is 1.80. The molecule has 19 heavy (non-hydrogen) atoms. The van der Waals surface area contributed by atoms with Crippen LogP contribution in [-0.2, 0) is 6.42 Å². The molecule has 1 heterocycles. The van der Waals surface area contributed by atoms with Crippen LogP contribution in [0.2, 0.25) is 0 Å². The Bertz CT molecular complexity index is 355. The first-order valence-corrected chi connectivity index (χ1v) is 9.55. The lowest BCUT2D eigenvalue weighted by Gasteiger charge is -2.50. The smallest absolute Gasteiger partial charge is 0.0177 e. The molecule has 0 spiro atoms. The molecule has 0 amide bonds. The number of rotatable bonds is 6. The van der Waals surface area contributed by atoms with Gasteiger partial charge in [-0.05, 0) is 54.1 Å². The van der Waals surface area contributed by atoms with Crippen LogP contribution < -0.4 is 0 Å². The van der Waals surface area contributed by atoms with Gasteiger partial charge in [0.2, 0.25) is 0 Å². The van der Waals surface area contributed by atoms with Crippen molar-refractivity contribution >= 4 is 7.92 Å². The van der Waals surface area contributed by atoms with Crippen LogP contribution in [0.1, 0.15) is 46.1 Å². The van der Waals surface area contributed by atoms with Crippen molar-refractivity contribution < 1.29 is 0 Å². The topological polar surface area (TPSA) is 0 Å². The maximum atomic E-state index is 2.42. The Hall–Kier alpha value is -0.350. The average molecular weight is 276 g/mol. The third-order valence-corrected chi connectivity index (χ3v) is 8.75.